The average Bonchev–Trinajstić information content (AvgIpc) is 3.08. The van der Waals surface area contributed by atoms with Gasteiger partial charge in [0.15, 0.2) is 10.6 Å². The highest BCUT2D eigenvalue weighted by Gasteiger charge is 2.35. The molecule has 3 rings (SSSR count). The van der Waals surface area contributed by atoms with Crippen molar-refractivity contribution in [3.8, 4) is 16.9 Å². The normalized spacial score (nSPS) is 12.6. The van der Waals surface area contributed by atoms with Gasteiger partial charge in [-0.2, -0.15) is 18.3 Å². The summed E-state index contributed by atoms with van der Waals surface area (Å²) in [5, 5.41) is 6.16. The standard InChI is InChI=1S/C18H14F3N3O2S/c1-27(26)15-8-2-12(3-9-15)16-10-17(18(19,20)21)23-24(16)14-6-4-13(5-7-14)22-11-25/h2-11H,1H3,(H,22,25). The van der Waals surface area contributed by atoms with Crippen molar-refractivity contribution in [3.63, 3.8) is 0 Å². The Bertz CT molecular complexity index is 936. The van der Waals surface area contributed by atoms with Crippen LogP contribution in [-0.4, -0.2) is 27.0 Å². The van der Waals surface area contributed by atoms with Crippen LogP contribution in [0.15, 0.2) is 59.5 Å². The first-order valence-corrected chi connectivity index (χ1v) is 9.27. The molecule has 1 N–H and O–H groups in total. The van der Waals surface area contributed by atoms with Gasteiger partial charge in [0.05, 0.1) is 11.4 Å². The molecule has 5 nitrogen and oxygen atoms in total. The Morgan fingerprint density at radius 3 is 2.26 bits per heavy atom. The summed E-state index contributed by atoms with van der Waals surface area (Å²) < 4.78 is 52.2. The topological polar surface area (TPSA) is 70.0 Å². The maximum absolute atomic E-state index is 13.2. The first-order chi connectivity index (χ1) is 12.8. The summed E-state index contributed by atoms with van der Waals surface area (Å²) in [7, 11) is 0. The van der Waals surface area contributed by atoms with E-state index >= 15 is 0 Å². The summed E-state index contributed by atoms with van der Waals surface area (Å²) in [4.78, 5) is 11.1. The predicted octanol–water partition coefficient (Wildman–Crippen LogP) is 3.86. The highest BCUT2D eigenvalue weighted by Crippen LogP contribution is 2.33. The smallest absolute Gasteiger partial charge is 0.435 e. The molecule has 0 radical (unpaired) electrons. The van der Waals surface area contributed by atoms with Crippen LogP contribution in [0.2, 0.25) is 0 Å². The van der Waals surface area contributed by atoms with Crippen LogP contribution in [0.3, 0.4) is 0 Å². The number of halogens is 3. The molecule has 0 fully saturated rings. The number of hydrogen-bond acceptors (Lipinski definition) is 3. The van der Waals surface area contributed by atoms with Crippen LogP contribution < -0.4 is 5.32 Å². The predicted molar refractivity (Wildman–Crippen MR) is 96.0 cm³/mol. The van der Waals surface area contributed by atoms with Crippen molar-refractivity contribution in [2.45, 2.75) is 11.1 Å². The van der Waals surface area contributed by atoms with E-state index in [1.807, 2.05) is 0 Å². The molecule has 1 atom stereocenters. The van der Waals surface area contributed by atoms with Crippen molar-refractivity contribution in [1.29, 1.82) is 0 Å². The van der Waals surface area contributed by atoms with Crippen molar-refractivity contribution >= 4 is 23.3 Å². The van der Waals surface area contributed by atoms with Crippen LogP contribution in [-0.2, 0) is 22.1 Å². The Hall–Kier alpha value is -2.78. The number of nitrogens with one attached hydrogen (secondary N) is 1. The number of anilines is 1. The van der Waals surface area contributed by atoms with Crippen LogP contribution in [0.1, 0.15) is 5.69 Å². The number of rotatable bonds is 5. The van der Waals surface area contributed by atoms with Gasteiger partial charge in [0.1, 0.15) is 6.26 Å². The number of aromatic nitrogens is 2. The lowest BCUT2D eigenvalue weighted by Gasteiger charge is -2.09. The van der Waals surface area contributed by atoms with E-state index in [4.69, 9.17) is 0 Å². The van der Waals surface area contributed by atoms with Gasteiger partial charge in [0.2, 0.25) is 6.41 Å². The van der Waals surface area contributed by atoms with E-state index in [1.165, 1.54) is 10.9 Å². The van der Waals surface area contributed by atoms with Gasteiger partial charge in [0.25, 0.3) is 0 Å². The first kappa shape index (κ1) is 19.0. The molecular formula is C18H14F3N3O2S. The molecule has 3 aromatic rings. The molecule has 1 aromatic heterocycles. The number of carbonyl (C=O) groups excluding carboxylic acids is 1. The zero-order chi connectivity index (χ0) is 19.6. The fourth-order valence-electron chi connectivity index (χ4n) is 2.51. The lowest BCUT2D eigenvalue weighted by Crippen LogP contribution is -2.07. The average molecular weight is 393 g/mol. The third-order valence-electron chi connectivity index (χ3n) is 3.82. The minimum absolute atomic E-state index is 0.242. The first-order valence-electron chi connectivity index (χ1n) is 7.71. The summed E-state index contributed by atoms with van der Waals surface area (Å²) in [5.74, 6) is 0. The number of amides is 1. The number of nitrogens with zero attached hydrogens (tertiary/aromatic N) is 2. The molecule has 0 aliphatic rings. The molecule has 0 bridgehead atoms. The second-order valence-corrected chi connectivity index (χ2v) is 6.99. The van der Waals surface area contributed by atoms with Crippen LogP contribution in [0.4, 0.5) is 18.9 Å². The Kier molecular flexibility index (Phi) is 5.24. The van der Waals surface area contributed by atoms with E-state index in [0.29, 0.717) is 28.2 Å². The summed E-state index contributed by atoms with van der Waals surface area (Å²) in [6.45, 7) is 0. The molecule has 1 unspecified atom stereocenters. The summed E-state index contributed by atoms with van der Waals surface area (Å²) in [6.07, 6.45) is -2.56. The Morgan fingerprint density at radius 1 is 1.11 bits per heavy atom. The summed E-state index contributed by atoms with van der Waals surface area (Å²) in [6, 6.07) is 13.6. The monoisotopic (exact) mass is 393 g/mol. The largest absolute Gasteiger partial charge is 0.612 e. The lowest BCUT2D eigenvalue weighted by atomic mass is 10.1. The van der Waals surface area contributed by atoms with Gasteiger partial charge >= 0.3 is 6.18 Å². The lowest BCUT2D eigenvalue weighted by molar-refractivity contribution is -0.141. The van der Waals surface area contributed by atoms with Crippen LogP contribution in [0, 0.1) is 0 Å². The molecule has 2 aromatic carbocycles. The van der Waals surface area contributed by atoms with Crippen molar-refractivity contribution in [1.82, 2.24) is 9.78 Å². The summed E-state index contributed by atoms with van der Waals surface area (Å²) >= 11 is -1.19. The van der Waals surface area contributed by atoms with E-state index in [1.54, 1.807) is 48.5 Å². The highest BCUT2D eigenvalue weighted by atomic mass is 32.2. The highest BCUT2D eigenvalue weighted by molar-refractivity contribution is 7.90. The Labute approximate surface area is 156 Å². The van der Waals surface area contributed by atoms with Gasteiger partial charge in [-0.3, -0.25) is 4.79 Å². The van der Waals surface area contributed by atoms with Gasteiger partial charge in [-0.05, 0) is 65.8 Å². The molecular weight excluding hydrogens is 379 g/mol. The number of alkyl halides is 3. The SMILES string of the molecule is C[S+]([O-])c1ccc(-c2cc(C(F)(F)F)nn2-c2ccc(NC=O)cc2)cc1. The Balaban J connectivity index is 2.09. The van der Waals surface area contributed by atoms with E-state index in [9.17, 15) is 22.5 Å². The fraction of sp³-hybridized carbons (Fsp3) is 0.111. The quantitative estimate of drug-likeness (QED) is 0.529. The van der Waals surface area contributed by atoms with E-state index in [2.05, 4.69) is 10.4 Å². The molecule has 0 spiro atoms. The molecule has 0 saturated heterocycles. The molecule has 140 valence electrons. The van der Waals surface area contributed by atoms with Gasteiger partial charge in [0, 0.05) is 11.3 Å². The van der Waals surface area contributed by atoms with Crippen molar-refractivity contribution in [3.05, 3.63) is 60.3 Å². The number of hydrogen-bond donors (Lipinski definition) is 1. The maximum Gasteiger partial charge on any atom is 0.435 e. The minimum Gasteiger partial charge on any atom is -0.612 e. The van der Waals surface area contributed by atoms with Crippen LogP contribution >= 0.6 is 0 Å². The van der Waals surface area contributed by atoms with Gasteiger partial charge < -0.3 is 9.87 Å². The second kappa shape index (κ2) is 7.45. The molecule has 0 aliphatic carbocycles. The summed E-state index contributed by atoms with van der Waals surface area (Å²) in [5.41, 5.74) is 0.637. The van der Waals surface area contributed by atoms with Crippen LogP contribution in [0.25, 0.3) is 16.9 Å². The second-order valence-electron chi connectivity index (χ2n) is 5.61. The zero-order valence-electron chi connectivity index (χ0n) is 14.0. The van der Waals surface area contributed by atoms with E-state index < -0.39 is 23.0 Å². The minimum atomic E-state index is -4.59. The third kappa shape index (κ3) is 4.15. The zero-order valence-corrected chi connectivity index (χ0v) is 14.8. The van der Waals surface area contributed by atoms with E-state index in [0.717, 1.165) is 6.07 Å². The van der Waals surface area contributed by atoms with Crippen molar-refractivity contribution in [2.75, 3.05) is 11.6 Å². The number of benzene rings is 2. The van der Waals surface area contributed by atoms with E-state index in [-0.39, 0.29) is 5.69 Å². The molecule has 1 amide bonds. The van der Waals surface area contributed by atoms with Crippen LogP contribution in [0.5, 0.6) is 0 Å². The molecule has 27 heavy (non-hydrogen) atoms. The third-order valence-corrected chi connectivity index (χ3v) is 4.76. The molecule has 1 heterocycles. The fourth-order valence-corrected chi connectivity index (χ4v) is 3.03. The Morgan fingerprint density at radius 2 is 1.74 bits per heavy atom. The molecule has 9 heteroatoms. The van der Waals surface area contributed by atoms with Gasteiger partial charge in [-0.1, -0.05) is 0 Å². The van der Waals surface area contributed by atoms with Crippen molar-refractivity contribution in [2.24, 2.45) is 0 Å². The number of carbonyl (C=O) groups is 1. The maximum atomic E-state index is 13.2. The van der Waals surface area contributed by atoms with Gasteiger partial charge in [-0.25, -0.2) is 4.68 Å². The molecule has 0 aliphatic heterocycles. The van der Waals surface area contributed by atoms with Gasteiger partial charge in [-0.15, -0.1) is 0 Å². The van der Waals surface area contributed by atoms with Crippen molar-refractivity contribution < 1.29 is 22.5 Å². The molecule has 0 saturated carbocycles.